The molecular weight excluding hydrogens is 336 g/mol. The molecule has 0 spiro atoms. The van der Waals surface area contributed by atoms with Crippen LogP contribution < -0.4 is 5.32 Å². The summed E-state index contributed by atoms with van der Waals surface area (Å²) in [6, 6.07) is 0. The zero-order chi connectivity index (χ0) is 16.2. The van der Waals surface area contributed by atoms with Gasteiger partial charge in [-0.3, -0.25) is 9.59 Å². The van der Waals surface area contributed by atoms with Gasteiger partial charge >= 0.3 is 0 Å². The van der Waals surface area contributed by atoms with Crippen LogP contribution in [0.2, 0.25) is 0 Å². The first kappa shape index (κ1) is 16.9. The van der Waals surface area contributed by atoms with Crippen molar-refractivity contribution in [3.05, 3.63) is 4.88 Å². The summed E-state index contributed by atoms with van der Waals surface area (Å²) in [5, 5.41) is 2.74. The van der Waals surface area contributed by atoms with Crippen molar-refractivity contribution >= 4 is 40.6 Å². The molecule has 0 aromatic carbocycles. The number of carbonyl (C=O) groups excluding carboxylic acids is 2. The molecule has 2 aliphatic rings. The molecule has 1 aromatic rings. The number of amides is 1. The maximum atomic E-state index is 12.3. The molecule has 2 fully saturated rings. The standard InChI is InChI=1S/C15H20N2O4S2/c1-22-15-17-14(13(23-15)12(19)9-2-3-9)16-11(18)8-21-10-4-6-20-7-5-10/h9-10H,2-8H2,1H3,(H,16,18). The minimum Gasteiger partial charge on any atom is -0.381 e. The summed E-state index contributed by atoms with van der Waals surface area (Å²) in [4.78, 5) is 29.3. The van der Waals surface area contributed by atoms with Gasteiger partial charge in [-0.15, -0.1) is 11.3 Å². The van der Waals surface area contributed by atoms with Crippen LogP contribution in [0.5, 0.6) is 0 Å². The number of hydrogen-bond donors (Lipinski definition) is 1. The molecule has 126 valence electrons. The molecule has 2 heterocycles. The van der Waals surface area contributed by atoms with Crippen LogP contribution in [0.1, 0.15) is 35.4 Å². The summed E-state index contributed by atoms with van der Waals surface area (Å²) in [6.45, 7) is 1.33. The maximum Gasteiger partial charge on any atom is 0.251 e. The fourth-order valence-corrected chi connectivity index (χ4v) is 3.91. The number of anilines is 1. The Kier molecular flexibility index (Phi) is 5.68. The Labute approximate surface area is 143 Å². The molecule has 0 bridgehead atoms. The number of hydrogen-bond acceptors (Lipinski definition) is 7. The number of aromatic nitrogens is 1. The quantitative estimate of drug-likeness (QED) is 0.598. The molecule has 1 aliphatic carbocycles. The fraction of sp³-hybridized carbons (Fsp3) is 0.667. The lowest BCUT2D eigenvalue weighted by Crippen LogP contribution is -2.28. The number of thioether (sulfide) groups is 1. The first-order valence-corrected chi connectivity index (χ1v) is 9.79. The number of nitrogens with zero attached hydrogens (tertiary/aromatic N) is 1. The molecule has 0 atom stereocenters. The van der Waals surface area contributed by atoms with Crippen molar-refractivity contribution in [2.24, 2.45) is 5.92 Å². The second kappa shape index (κ2) is 7.74. The van der Waals surface area contributed by atoms with Crippen molar-refractivity contribution < 1.29 is 19.1 Å². The lowest BCUT2D eigenvalue weighted by atomic mass is 10.1. The van der Waals surface area contributed by atoms with Crippen molar-refractivity contribution in [2.75, 3.05) is 31.4 Å². The summed E-state index contributed by atoms with van der Waals surface area (Å²) in [5.41, 5.74) is 0. The molecule has 23 heavy (non-hydrogen) atoms. The summed E-state index contributed by atoms with van der Waals surface area (Å²) in [6.07, 6.45) is 5.47. The highest BCUT2D eigenvalue weighted by molar-refractivity contribution is 8.00. The van der Waals surface area contributed by atoms with Gasteiger partial charge in [-0.1, -0.05) is 11.8 Å². The average molecular weight is 356 g/mol. The monoisotopic (exact) mass is 356 g/mol. The van der Waals surface area contributed by atoms with Gasteiger partial charge in [-0.2, -0.15) is 0 Å². The minimum atomic E-state index is -0.265. The van der Waals surface area contributed by atoms with Gasteiger partial charge in [0.1, 0.15) is 11.5 Å². The minimum absolute atomic E-state index is 0.0200. The number of nitrogens with one attached hydrogen (secondary N) is 1. The summed E-state index contributed by atoms with van der Waals surface area (Å²) >= 11 is 2.83. The highest BCUT2D eigenvalue weighted by Crippen LogP contribution is 2.38. The van der Waals surface area contributed by atoms with Crippen molar-refractivity contribution in [1.29, 1.82) is 0 Å². The van der Waals surface area contributed by atoms with Crippen LogP contribution in [-0.2, 0) is 14.3 Å². The van der Waals surface area contributed by atoms with Gasteiger partial charge in [0.25, 0.3) is 5.91 Å². The third-order valence-electron chi connectivity index (χ3n) is 3.83. The van der Waals surface area contributed by atoms with Gasteiger partial charge in [0, 0.05) is 19.1 Å². The molecule has 0 unspecified atom stereocenters. The first-order chi connectivity index (χ1) is 11.2. The van der Waals surface area contributed by atoms with E-state index in [9.17, 15) is 9.59 Å². The van der Waals surface area contributed by atoms with E-state index in [2.05, 4.69) is 10.3 Å². The van der Waals surface area contributed by atoms with Crippen LogP contribution in [0.3, 0.4) is 0 Å². The third-order valence-corrected chi connectivity index (χ3v) is 5.89. The predicted octanol–water partition coefficient (Wildman–Crippen LogP) is 2.59. The van der Waals surface area contributed by atoms with E-state index in [1.807, 2.05) is 6.26 Å². The lowest BCUT2D eigenvalue weighted by Gasteiger charge is -2.21. The fourth-order valence-electron chi connectivity index (χ4n) is 2.37. The molecule has 1 aromatic heterocycles. The van der Waals surface area contributed by atoms with E-state index < -0.39 is 0 Å². The van der Waals surface area contributed by atoms with E-state index in [0.29, 0.717) is 23.9 Å². The van der Waals surface area contributed by atoms with E-state index in [0.717, 1.165) is 30.0 Å². The smallest absolute Gasteiger partial charge is 0.251 e. The molecule has 1 aliphatic heterocycles. The van der Waals surface area contributed by atoms with Gasteiger partial charge in [-0.25, -0.2) is 4.98 Å². The Bertz CT molecular complexity index is 580. The first-order valence-electron chi connectivity index (χ1n) is 7.75. The summed E-state index contributed by atoms with van der Waals surface area (Å²) in [7, 11) is 0. The number of Topliss-reactive ketones (excluding diaryl/α,β-unsaturated/α-hetero) is 1. The van der Waals surface area contributed by atoms with Gasteiger partial charge in [0.05, 0.1) is 6.10 Å². The van der Waals surface area contributed by atoms with Crippen molar-refractivity contribution in [1.82, 2.24) is 4.98 Å². The zero-order valence-electron chi connectivity index (χ0n) is 13.0. The van der Waals surface area contributed by atoms with Gasteiger partial charge < -0.3 is 14.8 Å². The normalized spacial score (nSPS) is 18.8. The maximum absolute atomic E-state index is 12.3. The topological polar surface area (TPSA) is 77.5 Å². The molecule has 1 N–H and O–H groups in total. The van der Waals surface area contributed by atoms with Crippen LogP contribution in [-0.4, -0.2) is 48.9 Å². The Morgan fingerprint density at radius 1 is 1.35 bits per heavy atom. The summed E-state index contributed by atoms with van der Waals surface area (Å²) in [5.74, 6) is 0.332. The highest BCUT2D eigenvalue weighted by atomic mass is 32.2. The Balaban J connectivity index is 1.58. The lowest BCUT2D eigenvalue weighted by molar-refractivity contribution is -0.124. The molecule has 1 saturated carbocycles. The van der Waals surface area contributed by atoms with Crippen LogP contribution in [0.15, 0.2) is 4.34 Å². The highest BCUT2D eigenvalue weighted by Gasteiger charge is 2.34. The third kappa shape index (κ3) is 4.53. The van der Waals surface area contributed by atoms with Crippen molar-refractivity contribution in [3.8, 4) is 0 Å². The number of ether oxygens (including phenoxy) is 2. The Hall–Kier alpha value is -0.960. The van der Waals surface area contributed by atoms with Crippen molar-refractivity contribution in [3.63, 3.8) is 0 Å². The zero-order valence-corrected chi connectivity index (χ0v) is 14.6. The van der Waals surface area contributed by atoms with Crippen molar-refractivity contribution in [2.45, 2.75) is 36.1 Å². The van der Waals surface area contributed by atoms with E-state index in [1.165, 1.54) is 23.1 Å². The molecule has 3 rings (SSSR count). The Morgan fingerprint density at radius 3 is 2.74 bits per heavy atom. The van der Waals surface area contributed by atoms with Crippen LogP contribution in [0, 0.1) is 5.92 Å². The molecule has 1 amide bonds. The predicted molar refractivity (Wildman–Crippen MR) is 89.4 cm³/mol. The second-order valence-corrected chi connectivity index (χ2v) is 7.72. The summed E-state index contributed by atoms with van der Waals surface area (Å²) < 4.78 is 11.6. The number of ketones is 1. The Morgan fingerprint density at radius 2 is 2.09 bits per heavy atom. The van der Waals surface area contributed by atoms with Crippen LogP contribution in [0.4, 0.5) is 5.82 Å². The molecule has 0 radical (unpaired) electrons. The molecule has 8 heteroatoms. The van der Waals surface area contributed by atoms with E-state index >= 15 is 0 Å². The average Bonchev–Trinajstić information content (AvgIpc) is 3.34. The van der Waals surface area contributed by atoms with E-state index in [4.69, 9.17) is 9.47 Å². The second-order valence-electron chi connectivity index (χ2n) is 5.67. The number of carbonyl (C=O) groups is 2. The molecular formula is C15H20N2O4S2. The molecule has 6 nitrogen and oxygen atoms in total. The largest absolute Gasteiger partial charge is 0.381 e. The van der Waals surface area contributed by atoms with E-state index in [1.54, 1.807) is 0 Å². The number of thiazole rings is 1. The van der Waals surface area contributed by atoms with Gasteiger partial charge in [-0.05, 0) is 31.9 Å². The van der Waals surface area contributed by atoms with Crippen LogP contribution in [0.25, 0.3) is 0 Å². The van der Waals surface area contributed by atoms with Gasteiger partial charge in [0.15, 0.2) is 15.9 Å². The van der Waals surface area contributed by atoms with Crippen LogP contribution >= 0.6 is 23.1 Å². The molecule has 1 saturated heterocycles. The SMILES string of the molecule is CSc1nc(NC(=O)COC2CCOCC2)c(C(=O)C2CC2)s1. The van der Waals surface area contributed by atoms with Gasteiger partial charge in [0.2, 0.25) is 0 Å². The number of rotatable bonds is 7. The van der Waals surface area contributed by atoms with E-state index in [-0.39, 0.29) is 30.3 Å².